The van der Waals surface area contributed by atoms with Crippen molar-refractivity contribution in [3.8, 4) is 0 Å². The van der Waals surface area contributed by atoms with Gasteiger partial charge in [-0.3, -0.25) is 9.69 Å². The molecule has 2 aromatic carbocycles. The van der Waals surface area contributed by atoms with Gasteiger partial charge in [0.2, 0.25) is 0 Å². The summed E-state index contributed by atoms with van der Waals surface area (Å²) in [5, 5.41) is 2.56. The Labute approximate surface area is 146 Å². The molecule has 0 atom stereocenters. The van der Waals surface area contributed by atoms with Crippen molar-refractivity contribution in [1.82, 2.24) is 10.2 Å². The van der Waals surface area contributed by atoms with E-state index in [4.69, 9.17) is 0 Å². The third kappa shape index (κ3) is 3.60. The third-order valence-electron chi connectivity index (χ3n) is 4.16. The second kappa shape index (κ2) is 6.89. The fraction of sp³-hybridized carbons (Fsp3) is 0.200. The number of imide groups is 1. The molecule has 0 saturated carbocycles. The van der Waals surface area contributed by atoms with Crippen molar-refractivity contribution in [3.63, 3.8) is 0 Å². The molecule has 0 radical (unpaired) electrons. The normalized spacial score (nSPS) is 16.0. The highest BCUT2D eigenvalue weighted by molar-refractivity contribution is 6.13. The van der Waals surface area contributed by atoms with E-state index in [0.29, 0.717) is 11.5 Å². The van der Waals surface area contributed by atoms with E-state index >= 15 is 0 Å². The number of benzene rings is 2. The Morgan fingerprint density at radius 1 is 1.08 bits per heavy atom. The van der Waals surface area contributed by atoms with Crippen LogP contribution in [0.15, 0.2) is 54.2 Å². The lowest BCUT2D eigenvalue weighted by atomic mass is 10.0. The van der Waals surface area contributed by atoms with Gasteiger partial charge in [-0.05, 0) is 29.2 Å². The van der Waals surface area contributed by atoms with Crippen LogP contribution in [0, 0.1) is 5.82 Å². The zero-order valence-corrected chi connectivity index (χ0v) is 14.1. The molecule has 0 bridgehead atoms. The Morgan fingerprint density at radius 2 is 1.76 bits per heavy atom. The number of nitrogens with one attached hydrogen (secondary N) is 1. The van der Waals surface area contributed by atoms with Gasteiger partial charge in [0, 0.05) is 5.56 Å². The standard InChI is InChI=1S/C20H19FN2O2/c1-13(2)15-9-7-14(8-10-15)11-18-19(24)23(20(25)22-18)12-16-5-3-4-6-17(16)21/h3-11,13H,12H2,1-2H3,(H,22,25)/b18-11+. The average Bonchev–Trinajstić information content (AvgIpc) is 2.85. The zero-order chi connectivity index (χ0) is 18.0. The van der Waals surface area contributed by atoms with E-state index in [0.717, 1.165) is 10.5 Å². The van der Waals surface area contributed by atoms with Crippen LogP contribution in [0.4, 0.5) is 9.18 Å². The molecule has 1 fully saturated rings. The molecule has 3 amide bonds. The Balaban J connectivity index is 1.79. The molecule has 4 nitrogen and oxygen atoms in total. The molecule has 2 aromatic rings. The van der Waals surface area contributed by atoms with Crippen molar-refractivity contribution in [3.05, 3.63) is 76.7 Å². The average molecular weight is 338 g/mol. The highest BCUT2D eigenvalue weighted by Crippen LogP contribution is 2.20. The second-order valence-electron chi connectivity index (χ2n) is 6.29. The van der Waals surface area contributed by atoms with Crippen LogP contribution in [-0.2, 0) is 11.3 Å². The summed E-state index contributed by atoms with van der Waals surface area (Å²) in [7, 11) is 0. The highest BCUT2D eigenvalue weighted by Gasteiger charge is 2.33. The summed E-state index contributed by atoms with van der Waals surface area (Å²) in [6, 6.07) is 13.4. The van der Waals surface area contributed by atoms with Gasteiger partial charge in [0.25, 0.3) is 5.91 Å². The predicted octanol–water partition coefficient (Wildman–Crippen LogP) is 4.04. The van der Waals surface area contributed by atoms with Crippen LogP contribution in [0.5, 0.6) is 0 Å². The van der Waals surface area contributed by atoms with E-state index in [1.807, 2.05) is 24.3 Å². The van der Waals surface area contributed by atoms with Gasteiger partial charge < -0.3 is 5.32 Å². The van der Waals surface area contributed by atoms with Crippen molar-refractivity contribution in [2.75, 3.05) is 0 Å². The quantitative estimate of drug-likeness (QED) is 0.675. The molecule has 0 unspecified atom stereocenters. The maximum Gasteiger partial charge on any atom is 0.329 e. The van der Waals surface area contributed by atoms with Crippen molar-refractivity contribution in [2.24, 2.45) is 0 Å². The lowest BCUT2D eigenvalue weighted by molar-refractivity contribution is -0.123. The number of amides is 3. The van der Waals surface area contributed by atoms with Gasteiger partial charge in [0.15, 0.2) is 0 Å². The molecule has 0 aliphatic carbocycles. The van der Waals surface area contributed by atoms with E-state index in [9.17, 15) is 14.0 Å². The highest BCUT2D eigenvalue weighted by atomic mass is 19.1. The van der Waals surface area contributed by atoms with E-state index in [2.05, 4.69) is 19.2 Å². The largest absolute Gasteiger partial charge is 0.329 e. The van der Waals surface area contributed by atoms with E-state index in [1.165, 1.54) is 11.6 Å². The minimum atomic E-state index is -0.543. The predicted molar refractivity (Wildman–Crippen MR) is 94.0 cm³/mol. The van der Waals surface area contributed by atoms with Crippen molar-refractivity contribution >= 4 is 18.0 Å². The first-order chi connectivity index (χ1) is 12.0. The summed E-state index contributed by atoms with van der Waals surface area (Å²) in [5.74, 6) is -0.475. The minimum absolute atomic E-state index is 0.0963. The molecular weight excluding hydrogens is 319 g/mol. The summed E-state index contributed by atoms with van der Waals surface area (Å²) >= 11 is 0. The zero-order valence-electron chi connectivity index (χ0n) is 14.1. The maximum atomic E-state index is 13.8. The first-order valence-corrected chi connectivity index (χ1v) is 8.13. The summed E-state index contributed by atoms with van der Waals surface area (Å²) in [4.78, 5) is 25.5. The molecule has 0 aromatic heterocycles. The van der Waals surface area contributed by atoms with E-state index in [-0.39, 0.29) is 12.2 Å². The monoisotopic (exact) mass is 338 g/mol. The first-order valence-electron chi connectivity index (χ1n) is 8.13. The van der Waals surface area contributed by atoms with Gasteiger partial charge in [-0.2, -0.15) is 0 Å². The van der Waals surface area contributed by atoms with Gasteiger partial charge >= 0.3 is 6.03 Å². The molecule has 1 heterocycles. The summed E-state index contributed by atoms with van der Waals surface area (Å²) < 4.78 is 13.8. The smallest absolute Gasteiger partial charge is 0.303 e. The van der Waals surface area contributed by atoms with Crippen LogP contribution in [0.25, 0.3) is 6.08 Å². The van der Waals surface area contributed by atoms with Crippen LogP contribution in [0.2, 0.25) is 0 Å². The lowest BCUT2D eigenvalue weighted by Crippen LogP contribution is -2.30. The lowest BCUT2D eigenvalue weighted by Gasteiger charge is -2.12. The number of rotatable bonds is 4. The van der Waals surface area contributed by atoms with Crippen LogP contribution >= 0.6 is 0 Å². The van der Waals surface area contributed by atoms with Crippen LogP contribution in [0.1, 0.15) is 36.5 Å². The van der Waals surface area contributed by atoms with Crippen LogP contribution in [0.3, 0.4) is 0 Å². The van der Waals surface area contributed by atoms with E-state index < -0.39 is 17.8 Å². The maximum absolute atomic E-state index is 13.8. The van der Waals surface area contributed by atoms with Gasteiger partial charge in [-0.1, -0.05) is 56.3 Å². The second-order valence-corrected chi connectivity index (χ2v) is 6.29. The Kier molecular flexibility index (Phi) is 4.65. The number of nitrogens with zero attached hydrogens (tertiary/aromatic N) is 1. The molecule has 1 saturated heterocycles. The Bertz CT molecular complexity index is 841. The molecule has 128 valence electrons. The number of hydrogen-bond acceptors (Lipinski definition) is 2. The van der Waals surface area contributed by atoms with Crippen molar-refractivity contribution in [1.29, 1.82) is 0 Å². The number of urea groups is 1. The SMILES string of the molecule is CC(C)c1ccc(/C=C2/NC(=O)N(Cc3ccccc3F)C2=O)cc1. The van der Waals surface area contributed by atoms with Crippen LogP contribution < -0.4 is 5.32 Å². The number of carbonyl (C=O) groups is 2. The Hall–Kier alpha value is -2.95. The molecule has 1 aliphatic heterocycles. The van der Waals surface area contributed by atoms with Crippen molar-refractivity contribution in [2.45, 2.75) is 26.3 Å². The van der Waals surface area contributed by atoms with E-state index in [1.54, 1.807) is 24.3 Å². The van der Waals surface area contributed by atoms with Crippen molar-refractivity contribution < 1.29 is 14.0 Å². The third-order valence-corrected chi connectivity index (χ3v) is 4.16. The van der Waals surface area contributed by atoms with Gasteiger partial charge in [0.05, 0.1) is 6.54 Å². The first kappa shape index (κ1) is 16.9. The fourth-order valence-corrected chi connectivity index (χ4v) is 2.66. The Morgan fingerprint density at radius 3 is 2.40 bits per heavy atom. The topological polar surface area (TPSA) is 49.4 Å². The molecule has 1 aliphatic rings. The molecule has 1 N–H and O–H groups in total. The van der Waals surface area contributed by atoms with Gasteiger partial charge in [-0.15, -0.1) is 0 Å². The number of hydrogen-bond donors (Lipinski definition) is 1. The summed E-state index contributed by atoms with van der Waals surface area (Å²) in [6.07, 6.45) is 1.63. The van der Waals surface area contributed by atoms with Crippen LogP contribution in [-0.4, -0.2) is 16.8 Å². The molecule has 5 heteroatoms. The van der Waals surface area contributed by atoms with Gasteiger partial charge in [0.1, 0.15) is 11.5 Å². The molecule has 25 heavy (non-hydrogen) atoms. The fourth-order valence-electron chi connectivity index (χ4n) is 2.66. The summed E-state index contributed by atoms with van der Waals surface area (Å²) in [5.41, 5.74) is 2.51. The minimum Gasteiger partial charge on any atom is -0.303 e. The van der Waals surface area contributed by atoms with Gasteiger partial charge in [-0.25, -0.2) is 9.18 Å². The molecule has 3 rings (SSSR count). The molecule has 0 spiro atoms. The number of halogens is 1. The molecular formula is C20H19FN2O2. The summed E-state index contributed by atoms with van der Waals surface area (Å²) in [6.45, 7) is 4.12. The number of carbonyl (C=O) groups excluding carboxylic acids is 2.